The minimum absolute atomic E-state index is 0.0931. The van der Waals surface area contributed by atoms with E-state index in [0.29, 0.717) is 22.7 Å². The molecule has 4 aromatic rings. The van der Waals surface area contributed by atoms with Gasteiger partial charge in [-0.3, -0.25) is 9.59 Å². The molecule has 2 amide bonds. The van der Waals surface area contributed by atoms with Gasteiger partial charge in [-0.1, -0.05) is 66.7 Å². The Kier molecular flexibility index (Phi) is 7.35. The number of anilines is 1. The van der Waals surface area contributed by atoms with Crippen LogP contribution in [-0.4, -0.2) is 23.5 Å². The van der Waals surface area contributed by atoms with E-state index in [4.69, 9.17) is 9.47 Å². The summed E-state index contributed by atoms with van der Waals surface area (Å²) in [4.78, 5) is 29.3. The number of nitrogens with zero attached hydrogens (tertiary/aromatic N) is 1. The van der Waals surface area contributed by atoms with Crippen molar-refractivity contribution >= 4 is 17.5 Å². The highest BCUT2D eigenvalue weighted by Gasteiger charge is 2.32. The van der Waals surface area contributed by atoms with E-state index >= 15 is 0 Å². The van der Waals surface area contributed by atoms with Crippen molar-refractivity contribution < 1.29 is 23.5 Å². The van der Waals surface area contributed by atoms with Gasteiger partial charge in [0.1, 0.15) is 11.9 Å². The summed E-state index contributed by atoms with van der Waals surface area (Å²) in [5.74, 6) is -0.111. The fourth-order valence-corrected chi connectivity index (χ4v) is 4.50. The highest BCUT2D eigenvalue weighted by atomic mass is 19.1. The second kappa shape index (κ2) is 11.2. The Hall–Kier alpha value is -4.65. The van der Waals surface area contributed by atoms with Crippen LogP contribution in [-0.2, 0) is 22.6 Å². The Morgan fingerprint density at radius 1 is 0.895 bits per heavy atom. The predicted octanol–water partition coefficient (Wildman–Crippen LogP) is 5.81. The molecule has 0 aromatic heterocycles. The summed E-state index contributed by atoms with van der Waals surface area (Å²) in [5, 5.41) is 2.90. The molecule has 0 spiro atoms. The Morgan fingerprint density at radius 3 is 2.45 bits per heavy atom. The fraction of sp³-hybridized carbons (Fsp3) is 0.161. The van der Waals surface area contributed by atoms with Crippen LogP contribution in [0.25, 0.3) is 0 Å². The van der Waals surface area contributed by atoms with Gasteiger partial charge in [-0.05, 0) is 53.4 Å². The number of hydrogen-bond acceptors (Lipinski definition) is 4. The summed E-state index contributed by atoms with van der Waals surface area (Å²) in [5.41, 5.74) is 3.55. The van der Waals surface area contributed by atoms with Crippen molar-refractivity contribution in [3.63, 3.8) is 0 Å². The Balaban J connectivity index is 1.54. The topological polar surface area (TPSA) is 67.9 Å². The van der Waals surface area contributed by atoms with Crippen LogP contribution in [0.2, 0.25) is 0 Å². The van der Waals surface area contributed by atoms with E-state index in [9.17, 15) is 14.0 Å². The van der Waals surface area contributed by atoms with Gasteiger partial charge in [-0.25, -0.2) is 4.39 Å². The van der Waals surface area contributed by atoms with Crippen molar-refractivity contribution in [1.82, 2.24) is 4.90 Å². The van der Waals surface area contributed by atoms with Crippen molar-refractivity contribution in [2.24, 2.45) is 0 Å². The molecule has 1 N–H and O–H groups in total. The van der Waals surface area contributed by atoms with Gasteiger partial charge in [-0.2, -0.15) is 0 Å². The number of carbonyl (C=O) groups excluding carboxylic acids is 2. The molecule has 0 bridgehead atoms. The van der Waals surface area contributed by atoms with Gasteiger partial charge < -0.3 is 19.7 Å². The first-order valence-electron chi connectivity index (χ1n) is 12.3. The molecule has 1 aliphatic heterocycles. The standard InChI is InChI=1S/C31H27FN2O4/c1-21-8-5-6-11-24(21)19-34(29(35)16-22-9-3-2-4-10-22)30(23-12-7-13-25(32)17-23)31(36)33-26-14-15-27-28(18-26)38-20-37-27/h2-15,17-18,30H,16,19-20H2,1H3,(H,33,36). The number of nitrogens with one attached hydrogen (secondary N) is 1. The minimum atomic E-state index is -1.09. The summed E-state index contributed by atoms with van der Waals surface area (Å²) in [6.45, 7) is 2.24. The lowest BCUT2D eigenvalue weighted by atomic mass is 10.00. The SMILES string of the molecule is Cc1ccccc1CN(C(=O)Cc1ccccc1)C(C(=O)Nc1ccc2c(c1)OCO2)c1cccc(F)c1. The molecule has 1 unspecified atom stereocenters. The first-order valence-corrected chi connectivity index (χ1v) is 12.3. The van der Waals surface area contributed by atoms with Crippen LogP contribution >= 0.6 is 0 Å². The van der Waals surface area contributed by atoms with E-state index in [2.05, 4.69) is 5.32 Å². The Morgan fingerprint density at radius 2 is 1.66 bits per heavy atom. The lowest BCUT2D eigenvalue weighted by Gasteiger charge is -2.32. The normalized spacial score (nSPS) is 12.6. The van der Waals surface area contributed by atoms with Crippen LogP contribution in [0.5, 0.6) is 11.5 Å². The fourth-order valence-electron chi connectivity index (χ4n) is 4.50. The smallest absolute Gasteiger partial charge is 0.251 e. The number of hydrogen-bond donors (Lipinski definition) is 1. The predicted molar refractivity (Wildman–Crippen MR) is 142 cm³/mol. The number of fused-ring (bicyclic) bond motifs is 1. The van der Waals surface area contributed by atoms with Crippen molar-refractivity contribution in [2.75, 3.05) is 12.1 Å². The molecule has 1 aliphatic rings. The molecule has 0 radical (unpaired) electrons. The summed E-state index contributed by atoms with van der Waals surface area (Å²) in [6.07, 6.45) is 0.0931. The first-order chi connectivity index (χ1) is 18.5. The van der Waals surface area contributed by atoms with Crippen LogP contribution in [0.3, 0.4) is 0 Å². The molecule has 38 heavy (non-hydrogen) atoms. The Bertz CT molecular complexity index is 1460. The second-order valence-corrected chi connectivity index (χ2v) is 9.13. The number of halogens is 1. The zero-order valence-corrected chi connectivity index (χ0v) is 20.9. The van der Waals surface area contributed by atoms with Gasteiger partial charge in [0.2, 0.25) is 12.7 Å². The molecule has 192 valence electrons. The maximum absolute atomic E-state index is 14.4. The molecule has 0 fully saturated rings. The zero-order valence-electron chi connectivity index (χ0n) is 20.9. The Labute approximate surface area is 220 Å². The molecule has 0 saturated heterocycles. The molecule has 1 atom stereocenters. The maximum atomic E-state index is 14.4. The van der Waals surface area contributed by atoms with Gasteiger partial charge in [0.05, 0.1) is 6.42 Å². The molecule has 5 rings (SSSR count). The number of rotatable bonds is 8. The lowest BCUT2D eigenvalue weighted by molar-refractivity contribution is -0.139. The average molecular weight is 511 g/mol. The number of carbonyl (C=O) groups is 2. The molecule has 6 nitrogen and oxygen atoms in total. The van der Waals surface area contributed by atoms with Gasteiger partial charge in [0, 0.05) is 18.3 Å². The highest BCUT2D eigenvalue weighted by Crippen LogP contribution is 2.35. The molecule has 0 saturated carbocycles. The third-order valence-corrected chi connectivity index (χ3v) is 6.49. The molecular weight excluding hydrogens is 483 g/mol. The third-order valence-electron chi connectivity index (χ3n) is 6.49. The molecule has 1 heterocycles. The van der Waals surface area contributed by atoms with Crippen molar-refractivity contribution in [3.8, 4) is 11.5 Å². The molecule has 0 aliphatic carbocycles. The third kappa shape index (κ3) is 5.67. The van der Waals surface area contributed by atoms with Crippen LogP contribution < -0.4 is 14.8 Å². The molecule has 4 aromatic carbocycles. The van der Waals surface area contributed by atoms with E-state index in [0.717, 1.165) is 16.7 Å². The van der Waals surface area contributed by atoms with Crippen LogP contribution in [0.15, 0.2) is 97.1 Å². The van der Waals surface area contributed by atoms with Gasteiger partial charge in [0.15, 0.2) is 11.5 Å². The van der Waals surface area contributed by atoms with Crippen LogP contribution in [0.1, 0.15) is 28.3 Å². The number of ether oxygens (including phenoxy) is 2. The number of aryl methyl sites for hydroxylation is 1. The lowest BCUT2D eigenvalue weighted by Crippen LogP contribution is -2.41. The van der Waals surface area contributed by atoms with Gasteiger partial charge in [0.25, 0.3) is 5.91 Å². The largest absolute Gasteiger partial charge is 0.454 e. The molecular formula is C31H27FN2O4. The van der Waals surface area contributed by atoms with Crippen molar-refractivity contribution in [3.05, 3.63) is 125 Å². The van der Waals surface area contributed by atoms with E-state index in [1.165, 1.54) is 17.0 Å². The summed E-state index contributed by atoms with van der Waals surface area (Å²) >= 11 is 0. The summed E-state index contributed by atoms with van der Waals surface area (Å²) in [7, 11) is 0. The first kappa shape index (κ1) is 25.0. The average Bonchev–Trinajstić information content (AvgIpc) is 3.38. The maximum Gasteiger partial charge on any atom is 0.251 e. The van der Waals surface area contributed by atoms with Crippen LogP contribution in [0.4, 0.5) is 10.1 Å². The number of benzene rings is 4. The number of amides is 2. The summed E-state index contributed by atoms with van der Waals surface area (Å²) in [6, 6.07) is 26.8. The van der Waals surface area contributed by atoms with Crippen molar-refractivity contribution in [2.45, 2.75) is 25.9 Å². The minimum Gasteiger partial charge on any atom is -0.454 e. The van der Waals surface area contributed by atoms with Crippen molar-refractivity contribution in [1.29, 1.82) is 0 Å². The second-order valence-electron chi connectivity index (χ2n) is 9.13. The zero-order chi connectivity index (χ0) is 26.5. The van der Waals surface area contributed by atoms with E-state index < -0.39 is 17.8 Å². The summed E-state index contributed by atoms with van der Waals surface area (Å²) < 4.78 is 25.2. The molecule has 7 heteroatoms. The quantitative estimate of drug-likeness (QED) is 0.325. The monoisotopic (exact) mass is 510 g/mol. The van der Waals surface area contributed by atoms with E-state index in [1.807, 2.05) is 61.5 Å². The van der Waals surface area contributed by atoms with E-state index in [1.54, 1.807) is 30.3 Å². The van der Waals surface area contributed by atoms with E-state index in [-0.39, 0.29) is 25.7 Å². The van der Waals surface area contributed by atoms with Gasteiger partial charge >= 0.3 is 0 Å². The van der Waals surface area contributed by atoms with Gasteiger partial charge in [-0.15, -0.1) is 0 Å². The van der Waals surface area contributed by atoms with Crippen LogP contribution in [0, 0.1) is 12.7 Å². The highest BCUT2D eigenvalue weighted by molar-refractivity contribution is 5.98.